The lowest BCUT2D eigenvalue weighted by molar-refractivity contribution is -0.131. The van der Waals surface area contributed by atoms with Gasteiger partial charge in [-0.1, -0.05) is 6.07 Å². The number of nitrogens with one attached hydrogen (secondary N) is 1. The molecule has 33 heavy (non-hydrogen) atoms. The van der Waals surface area contributed by atoms with Crippen LogP contribution in [0.25, 0.3) is 0 Å². The molecule has 2 heterocycles. The van der Waals surface area contributed by atoms with Gasteiger partial charge in [-0.05, 0) is 50.3 Å². The zero-order valence-corrected chi connectivity index (χ0v) is 22.7. The topological polar surface area (TPSA) is 69.6 Å². The number of nitrogens with zero attached hydrogens (tertiary/aromatic N) is 4. The Hall–Kier alpha value is -1.75. The lowest BCUT2D eigenvalue weighted by atomic mass is 10.1. The fourth-order valence-electron chi connectivity index (χ4n) is 4.35. The van der Waals surface area contributed by atoms with Gasteiger partial charge in [-0.25, -0.2) is 0 Å². The molecule has 2 aliphatic rings. The highest BCUT2D eigenvalue weighted by Gasteiger charge is 2.24. The number of guanidine groups is 1. The summed E-state index contributed by atoms with van der Waals surface area (Å²) in [5.74, 6) is 2.80. The summed E-state index contributed by atoms with van der Waals surface area (Å²) < 4.78 is 11.0. The third-order valence-electron chi connectivity index (χ3n) is 6.15. The molecule has 0 bridgehead atoms. The third-order valence-corrected chi connectivity index (χ3v) is 6.15. The van der Waals surface area contributed by atoms with Gasteiger partial charge in [0.2, 0.25) is 5.91 Å². The van der Waals surface area contributed by atoms with Gasteiger partial charge in [0.05, 0.1) is 20.3 Å². The highest BCUT2D eigenvalue weighted by Crippen LogP contribution is 2.28. The van der Waals surface area contributed by atoms with E-state index in [9.17, 15) is 4.79 Å². The lowest BCUT2D eigenvalue weighted by Crippen LogP contribution is -2.54. The number of halogens is 1. The minimum absolute atomic E-state index is 0. The molecular formula is C24H40IN5O3. The minimum atomic E-state index is 0. The summed E-state index contributed by atoms with van der Waals surface area (Å²) in [7, 11) is 3.50. The molecule has 2 aliphatic heterocycles. The molecule has 1 amide bonds. The monoisotopic (exact) mass is 573 g/mol. The highest BCUT2D eigenvalue weighted by atomic mass is 127. The van der Waals surface area contributed by atoms with Crippen LogP contribution >= 0.6 is 24.0 Å². The van der Waals surface area contributed by atoms with Crippen LogP contribution in [0.4, 0.5) is 0 Å². The molecule has 1 aromatic carbocycles. The van der Waals surface area contributed by atoms with Crippen molar-refractivity contribution in [1.82, 2.24) is 20.0 Å². The molecular weight excluding hydrogens is 533 g/mol. The molecule has 186 valence electrons. The van der Waals surface area contributed by atoms with Gasteiger partial charge in [-0.3, -0.25) is 14.7 Å². The molecule has 0 aliphatic carbocycles. The molecule has 2 fully saturated rings. The molecule has 0 radical (unpaired) electrons. The van der Waals surface area contributed by atoms with Gasteiger partial charge in [0, 0.05) is 52.9 Å². The normalized spacial score (nSPS) is 17.0. The van der Waals surface area contributed by atoms with Crippen molar-refractivity contribution >= 4 is 35.8 Å². The molecule has 8 nitrogen and oxygen atoms in total. The average molecular weight is 574 g/mol. The van der Waals surface area contributed by atoms with Crippen LogP contribution in [0.3, 0.4) is 0 Å². The SMILES string of the molecule is CCOc1cc(CCCNC(=NC)N2CCN(CC(=O)N3CCCC3)CC2)ccc1OC.I. The molecule has 3 rings (SSSR count). The number of aliphatic imine (C=N–C) groups is 1. The molecule has 1 aromatic rings. The number of hydrogen-bond acceptors (Lipinski definition) is 5. The minimum Gasteiger partial charge on any atom is -0.493 e. The summed E-state index contributed by atoms with van der Waals surface area (Å²) >= 11 is 0. The summed E-state index contributed by atoms with van der Waals surface area (Å²) in [5, 5.41) is 3.50. The van der Waals surface area contributed by atoms with Crippen LogP contribution in [0, 0.1) is 0 Å². The number of likely N-dealkylation sites (tertiary alicyclic amines) is 1. The van der Waals surface area contributed by atoms with Crippen LogP contribution in [-0.2, 0) is 11.2 Å². The van der Waals surface area contributed by atoms with Gasteiger partial charge >= 0.3 is 0 Å². The van der Waals surface area contributed by atoms with E-state index < -0.39 is 0 Å². The van der Waals surface area contributed by atoms with Crippen molar-refractivity contribution in [2.24, 2.45) is 4.99 Å². The first-order valence-electron chi connectivity index (χ1n) is 11.9. The van der Waals surface area contributed by atoms with Gasteiger partial charge in [-0.2, -0.15) is 0 Å². The fraction of sp³-hybridized carbons (Fsp3) is 0.667. The number of carbonyl (C=O) groups is 1. The Bertz CT molecular complexity index is 762. The van der Waals surface area contributed by atoms with Crippen molar-refractivity contribution in [3.63, 3.8) is 0 Å². The van der Waals surface area contributed by atoms with Crippen molar-refractivity contribution in [2.45, 2.75) is 32.6 Å². The van der Waals surface area contributed by atoms with Crippen LogP contribution in [-0.4, -0.2) is 99.7 Å². The molecule has 2 saturated heterocycles. The summed E-state index contributed by atoms with van der Waals surface area (Å²) in [6.07, 6.45) is 4.25. The largest absolute Gasteiger partial charge is 0.493 e. The first kappa shape index (κ1) is 27.5. The van der Waals surface area contributed by atoms with Crippen LogP contribution in [0.2, 0.25) is 0 Å². The Morgan fingerprint density at radius 3 is 2.42 bits per heavy atom. The number of aryl methyl sites for hydroxylation is 1. The van der Waals surface area contributed by atoms with E-state index in [0.29, 0.717) is 13.2 Å². The maximum Gasteiger partial charge on any atom is 0.236 e. The number of amides is 1. The van der Waals surface area contributed by atoms with Crippen molar-refractivity contribution in [3.8, 4) is 11.5 Å². The van der Waals surface area contributed by atoms with E-state index in [4.69, 9.17) is 9.47 Å². The second-order valence-corrected chi connectivity index (χ2v) is 8.35. The van der Waals surface area contributed by atoms with Crippen LogP contribution < -0.4 is 14.8 Å². The van der Waals surface area contributed by atoms with Gasteiger partial charge < -0.3 is 24.6 Å². The third kappa shape index (κ3) is 8.20. The van der Waals surface area contributed by atoms with Crippen LogP contribution in [0.5, 0.6) is 11.5 Å². The Kier molecular flexibility index (Phi) is 12.1. The standard InChI is InChI=1S/C24H39N5O3.HI/c1-4-32-22-18-20(9-10-21(22)31-3)8-7-11-26-24(25-2)29-16-14-27(15-17-29)19-23(30)28-12-5-6-13-28;/h9-10,18H,4-8,11-17,19H2,1-3H3,(H,25,26);1H. The molecule has 0 unspecified atom stereocenters. The van der Waals surface area contributed by atoms with E-state index in [1.165, 1.54) is 5.56 Å². The second-order valence-electron chi connectivity index (χ2n) is 8.35. The quantitative estimate of drug-likeness (QED) is 0.212. The Morgan fingerprint density at radius 2 is 1.79 bits per heavy atom. The van der Waals surface area contributed by atoms with Crippen molar-refractivity contribution in [3.05, 3.63) is 23.8 Å². The number of ether oxygens (including phenoxy) is 2. The number of hydrogen-bond donors (Lipinski definition) is 1. The number of methoxy groups -OCH3 is 1. The Balaban J connectivity index is 0.00000385. The van der Waals surface area contributed by atoms with Crippen molar-refractivity contribution in [1.29, 1.82) is 0 Å². The number of benzene rings is 1. The van der Waals surface area contributed by atoms with Gasteiger partial charge in [0.25, 0.3) is 0 Å². The summed E-state index contributed by atoms with van der Waals surface area (Å²) in [6.45, 7) is 9.44. The first-order valence-corrected chi connectivity index (χ1v) is 11.9. The van der Waals surface area contributed by atoms with Gasteiger partial charge in [-0.15, -0.1) is 24.0 Å². The molecule has 1 N–H and O–H groups in total. The predicted octanol–water partition coefficient (Wildman–Crippen LogP) is 2.46. The number of piperazine rings is 1. The lowest BCUT2D eigenvalue weighted by Gasteiger charge is -2.36. The zero-order chi connectivity index (χ0) is 22.8. The summed E-state index contributed by atoms with van der Waals surface area (Å²) in [4.78, 5) is 23.4. The molecule has 0 spiro atoms. The molecule has 9 heteroatoms. The highest BCUT2D eigenvalue weighted by molar-refractivity contribution is 14.0. The Morgan fingerprint density at radius 1 is 1.06 bits per heavy atom. The second kappa shape index (κ2) is 14.5. The maximum absolute atomic E-state index is 12.4. The first-order chi connectivity index (χ1) is 15.6. The average Bonchev–Trinajstić information content (AvgIpc) is 3.36. The Labute approximate surface area is 215 Å². The van der Waals surface area contributed by atoms with E-state index >= 15 is 0 Å². The van der Waals surface area contributed by atoms with E-state index in [1.807, 2.05) is 24.9 Å². The summed E-state index contributed by atoms with van der Waals surface area (Å²) in [6, 6.07) is 6.14. The maximum atomic E-state index is 12.4. The van der Waals surface area contributed by atoms with Gasteiger partial charge in [0.15, 0.2) is 17.5 Å². The van der Waals surface area contributed by atoms with Gasteiger partial charge in [0.1, 0.15) is 0 Å². The van der Waals surface area contributed by atoms with E-state index in [-0.39, 0.29) is 29.9 Å². The molecule has 0 aromatic heterocycles. The number of rotatable bonds is 9. The fourth-order valence-corrected chi connectivity index (χ4v) is 4.35. The zero-order valence-electron chi connectivity index (χ0n) is 20.3. The van der Waals surface area contributed by atoms with E-state index in [0.717, 1.165) is 89.0 Å². The number of carbonyl (C=O) groups excluding carboxylic acids is 1. The van der Waals surface area contributed by atoms with Crippen molar-refractivity contribution in [2.75, 3.05) is 73.1 Å². The van der Waals surface area contributed by atoms with Crippen LogP contribution in [0.1, 0.15) is 31.7 Å². The predicted molar refractivity (Wildman–Crippen MR) is 143 cm³/mol. The van der Waals surface area contributed by atoms with E-state index in [1.54, 1.807) is 7.11 Å². The smallest absolute Gasteiger partial charge is 0.236 e. The molecule has 0 atom stereocenters. The van der Waals surface area contributed by atoms with Crippen molar-refractivity contribution < 1.29 is 14.3 Å². The summed E-state index contributed by atoms with van der Waals surface area (Å²) in [5.41, 5.74) is 1.24. The van der Waals surface area contributed by atoms with E-state index in [2.05, 4.69) is 32.2 Å². The molecule has 0 saturated carbocycles. The van der Waals surface area contributed by atoms with Crippen LogP contribution in [0.15, 0.2) is 23.2 Å².